The van der Waals surface area contributed by atoms with Gasteiger partial charge in [-0.1, -0.05) is 38.5 Å². The minimum absolute atomic E-state index is 0. The molecule has 0 amide bonds. The summed E-state index contributed by atoms with van der Waals surface area (Å²) in [5.41, 5.74) is 4.07. The molecule has 1 aromatic rings. The molecule has 0 saturated carbocycles. The Balaban J connectivity index is -0.000000320. The Morgan fingerprint density at radius 1 is 1.19 bits per heavy atom. The third-order valence-electron chi connectivity index (χ3n) is 2.58. The Labute approximate surface area is 156 Å². The van der Waals surface area contributed by atoms with Gasteiger partial charge < -0.3 is 29.9 Å². The van der Waals surface area contributed by atoms with Crippen LogP contribution in [-0.2, 0) is 21.7 Å². The average molecular weight is 362 g/mol. The summed E-state index contributed by atoms with van der Waals surface area (Å²) in [6.45, 7) is 8.38. The van der Waals surface area contributed by atoms with Crippen LogP contribution in [0.3, 0.4) is 0 Å². The van der Waals surface area contributed by atoms with Crippen LogP contribution < -0.4 is 24.8 Å². The van der Waals surface area contributed by atoms with E-state index in [0.717, 1.165) is 6.42 Å². The first kappa shape index (κ1) is 25.9. The van der Waals surface area contributed by atoms with Crippen LogP contribution in [0.4, 0.5) is 0 Å². The van der Waals surface area contributed by atoms with Crippen molar-refractivity contribution in [2.45, 2.75) is 34.1 Å². The molecular weight excluding hydrogens is 339 g/mol. The van der Waals surface area contributed by atoms with Gasteiger partial charge >= 0.3 is 21.7 Å². The van der Waals surface area contributed by atoms with Gasteiger partial charge in [-0.15, -0.1) is 41.5 Å². The van der Waals surface area contributed by atoms with Gasteiger partial charge in [-0.3, -0.25) is 0 Å². The van der Waals surface area contributed by atoms with E-state index in [1.54, 1.807) is 0 Å². The zero-order valence-electron chi connectivity index (χ0n) is 13.1. The molecule has 1 nitrogen and oxygen atoms in total. The van der Waals surface area contributed by atoms with Gasteiger partial charge in [-0.25, -0.2) is 0 Å². The fourth-order valence-corrected chi connectivity index (χ4v) is 1.44. The quantitative estimate of drug-likeness (QED) is 0.464. The molecule has 0 unspecified atom stereocenters. The summed E-state index contributed by atoms with van der Waals surface area (Å²) in [5, 5.41) is 8.40. The molecule has 0 aliphatic heterocycles. The van der Waals surface area contributed by atoms with Gasteiger partial charge in [0.05, 0.1) is 0 Å². The largest absolute Gasteiger partial charge is 3.00 e. The zero-order valence-corrected chi connectivity index (χ0v) is 16.2. The van der Waals surface area contributed by atoms with E-state index >= 15 is 0 Å². The molecule has 0 atom stereocenters. The first-order valence-corrected chi connectivity index (χ1v) is 6.37. The molecule has 0 saturated heterocycles. The first-order chi connectivity index (χ1) is 8.42. The van der Waals surface area contributed by atoms with Crippen LogP contribution in [0.1, 0.15) is 39.7 Å². The van der Waals surface area contributed by atoms with Crippen molar-refractivity contribution in [3.8, 4) is 0 Å². The van der Waals surface area contributed by atoms with Crippen molar-refractivity contribution in [1.82, 2.24) is 0 Å². The number of halogens is 2. The van der Waals surface area contributed by atoms with Crippen molar-refractivity contribution in [2.75, 3.05) is 6.61 Å². The Hall–Kier alpha value is -0.0457. The summed E-state index contributed by atoms with van der Waals surface area (Å²) >= 11 is 0. The molecule has 0 aromatic heterocycles. The summed E-state index contributed by atoms with van der Waals surface area (Å²) in [7, 11) is 0. The van der Waals surface area contributed by atoms with Crippen molar-refractivity contribution < 1.29 is 51.6 Å². The van der Waals surface area contributed by atoms with Crippen molar-refractivity contribution >= 4 is 5.57 Å². The van der Waals surface area contributed by atoms with Gasteiger partial charge in [0, 0.05) is 6.61 Å². The van der Waals surface area contributed by atoms with Gasteiger partial charge in [-0.05, 0) is 18.8 Å². The van der Waals surface area contributed by atoms with E-state index < -0.39 is 0 Å². The second kappa shape index (κ2) is 12.5. The summed E-state index contributed by atoms with van der Waals surface area (Å²) in [5.74, 6) is 0. The normalized spacial score (nSPS) is 12.4. The summed E-state index contributed by atoms with van der Waals surface area (Å²) in [4.78, 5) is 0. The number of hydrogen-bond acceptors (Lipinski definition) is 1. The maximum atomic E-state index is 8.40. The first-order valence-electron chi connectivity index (χ1n) is 6.37. The van der Waals surface area contributed by atoms with Crippen LogP contribution >= 0.6 is 0 Å². The topological polar surface area (TPSA) is 20.2 Å². The van der Waals surface area contributed by atoms with Crippen molar-refractivity contribution in [3.63, 3.8) is 0 Å². The van der Waals surface area contributed by atoms with Crippen molar-refractivity contribution in [2.24, 2.45) is 5.41 Å². The number of benzene rings is 1. The van der Waals surface area contributed by atoms with Crippen LogP contribution in [0, 0.1) is 11.5 Å². The minimum Gasteiger partial charge on any atom is -1.00 e. The summed E-state index contributed by atoms with van der Waals surface area (Å²) < 4.78 is 0. The SMILES string of the molecule is CC(C)(C)CO.CC1=CCC(c2[c-]cccc2)=C1.[Cl-].[Cl-].[Ti+3]. The number of aliphatic hydroxyl groups is 1. The van der Waals surface area contributed by atoms with Gasteiger partial charge in [0.1, 0.15) is 0 Å². The van der Waals surface area contributed by atoms with E-state index in [0.29, 0.717) is 0 Å². The van der Waals surface area contributed by atoms with Crippen LogP contribution in [0.5, 0.6) is 0 Å². The molecule has 0 heterocycles. The van der Waals surface area contributed by atoms with Gasteiger partial charge in [-0.2, -0.15) is 0 Å². The fraction of sp³-hybridized carbons (Fsp3) is 0.412. The molecule has 1 N–H and O–H groups in total. The zero-order chi connectivity index (χ0) is 13.6. The Bertz CT molecular complexity index is 434. The third-order valence-corrected chi connectivity index (χ3v) is 2.58. The van der Waals surface area contributed by atoms with E-state index in [1.807, 2.05) is 32.9 Å². The smallest absolute Gasteiger partial charge is 1.00 e. The second-order valence-corrected chi connectivity index (χ2v) is 5.82. The maximum Gasteiger partial charge on any atom is 3.00 e. The maximum absolute atomic E-state index is 8.40. The molecule has 1 radical (unpaired) electrons. The van der Waals surface area contributed by atoms with Gasteiger partial charge in [0.15, 0.2) is 0 Å². The summed E-state index contributed by atoms with van der Waals surface area (Å²) in [6, 6.07) is 11.4. The molecular formula is C17H23Cl2OTi. The van der Waals surface area contributed by atoms with E-state index in [2.05, 4.69) is 37.3 Å². The molecule has 1 aliphatic rings. The van der Waals surface area contributed by atoms with Crippen LogP contribution in [0.15, 0.2) is 42.0 Å². The van der Waals surface area contributed by atoms with Gasteiger partial charge in [0.2, 0.25) is 0 Å². The molecule has 4 heteroatoms. The summed E-state index contributed by atoms with van der Waals surface area (Å²) in [6.07, 6.45) is 5.54. The second-order valence-electron chi connectivity index (χ2n) is 5.82. The molecule has 1 aromatic carbocycles. The molecule has 0 spiro atoms. The number of aliphatic hydroxyl groups excluding tert-OH is 1. The molecule has 2 rings (SSSR count). The fourth-order valence-electron chi connectivity index (χ4n) is 1.44. The molecule has 0 fully saturated rings. The molecule has 1 aliphatic carbocycles. The van der Waals surface area contributed by atoms with Crippen molar-refractivity contribution in [1.29, 1.82) is 0 Å². The van der Waals surface area contributed by atoms with E-state index in [-0.39, 0.29) is 58.6 Å². The Kier molecular flexibility index (Phi) is 15.4. The van der Waals surface area contributed by atoms with Crippen LogP contribution in [0.2, 0.25) is 0 Å². The molecule has 21 heavy (non-hydrogen) atoms. The van der Waals surface area contributed by atoms with Gasteiger partial charge in [0.25, 0.3) is 0 Å². The number of rotatable bonds is 1. The van der Waals surface area contributed by atoms with E-state index in [9.17, 15) is 0 Å². The number of allylic oxidation sites excluding steroid dienone is 4. The number of hydrogen-bond donors (Lipinski definition) is 1. The minimum atomic E-state index is 0. The third kappa shape index (κ3) is 11.2. The average Bonchev–Trinajstić information content (AvgIpc) is 2.77. The van der Waals surface area contributed by atoms with Crippen LogP contribution in [0.25, 0.3) is 5.57 Å². The monoisotopic (exact) mass is 361 g/mol. The van der Waals surface area contributed by atoms with E-state index in [4.69, 9.17) is 5.11 Å². The van der Waals surface area contributed by atoms with Crippen molar-refractivity contribution in [3.05, 3.63) is 53.6 Å². The predicted octanol–water partition coefficient (Wildman–Crippen LogP) is -1.75. The molecule has 0 bridgehead atoms. The Morgan fingerprint density at radius 3 is 2.10 bits per heavy atom. The van der Waals surface area contributed by atoms with Crippen LogP contribution in [-0.4, -0.2) is 11.7 Å². The Morgan fingerprint density at radius 2 is 1.76 bits per heavy atom. The van der Waals surface area contributed by atoms with E-state index in [1.165, 1.54) is 16.7 Å². The standard InChI is InChI=1S/C12H11.C5H12O.2ClH.Ti/c1-10-7-8-12(9-10)11-5-3-2-4-6-11;1-5(2,3)4-6;;;/h2-5,7,9H,8H2,1H3;6H,4H2,1-3H3;2*1H;/q-1;;;;+3/p-2. The molecule has 115 valence electrons. The predicted molar refractivity (Wildman–Crippen MR) is 78.2 cm³/mol.